The van der Waals surface area contributed by atoms with Crippen molar-refractivity contribution >= 4 is 16.0 Å². The largest absolute Gasteiger partial charge is 0.465 e. The minimum Gasteiger partial charge on any atom is -0.465 e. The number of hydrogen-bond donors (Lipinski definition) is 1. The van der Waals surface area contributed by atoms with Crippen molar-refractivity contribution < 1.29 is 17.9 Å². The number of ether oxygens (including phenoxy) is 1. The highest BCUT2D eigenvalue weighted by atomic mass is 32.2. The minimum absolute atomic E-state index is 0.0361. The zero-order chi connectivity index (χ0) is 17.9. The lowest BCUT2D eigenvalue weighted by Crippen LogP contribution is -2.27. The fourth-order valence-electron chi connectivity index (χ4n) is 2.54. The molecule has 0 aliphatic heterocycles. The molecular formula is C18H21NO4S. The van der Waals surface area contributed by atoms with Crippen LogP contribution in [0.25, 0.3) is 0 Å². The van der Waals surface area contributed by atoms with Crippen molar-refractivity contribution in [3.05, 3.63) is 64.7 Å². The molecule has 1 atom stereocenters. The minimum atomic E-state index is -3.76. The predicted molar refractivity (Wildman–Crippen MR) is 92.4 cm³/mol. The van der Waals surface area contributed by atoms with Gasteiger partial charge in [-0.3, -0.25) is 0 Å². The second-order valence-electron chi connectivity index (χ2n) is 5.67. The number of nitrogens with one attached hydrogen (secondary N) is 1. The first kappa shape index (κ1) is 18.2. The summed E-state index contributed by atoms with van der Waals surface area (Å²) in [6, 6.07) is 11.6. The smallest absolute Gasteiger partial charge is 0.338 e. The van der Waals surface area contributed by atoms with Gasteiger partial charge in [-0.2, -0.15) is 0 Å². The maximum atomic E-state index is 12.6. The molecule has 2 rings (SSSR count). The first-order chi connectivity index (χ1) is 11.3. The molecule has 1 unspecified atom stereocenters. The van der Waals surface area contributed by atoms with Crippen LogP contribution in [0.3, 0.4) is 0 Å². The molecule has 0 saturated heterocycles. The fourth-order valence-corrected chi connectivity index (χ4v) is 3.78. The Kier molecular flexibility index (Phi) is 5.41. The summed E-state index contributed by atoms with van der Waals surface area (Å²) >= 11 is 0. The molecule has 0 aliphatic rings. The highest BCUT2D eigenvalue weighted by molar-refractivity contribution is 7.89. The van der Waals surface area contributed by atoms with E-state index in [1.807, 2.05) is 31.2 Å². The Labute approximate surface area is 142 Å². The second kappa shape index (κ2) is 7.15. The molecule has 0 aliphatic carbocycles. The van der Waals surface area contributed by atoms with Gasteiger partial charge in [0.05, 0.1) is 17.6 Å². The SMILES string of the molecule is COC(=O)c1cc(S(=O)(=O)NC(C)c2ccccc2C)ccc1C. The summed E-state index contributed by atoms with van der Waals surface area (Å²) < 4.78 is 32.6. The maximum absolute atomic E-state index is 12.6. The van der Waals surface area contributed by atoms with Crippen LogP contribution in [0.5, 0.6) is 0 Å². The Morgan fingerprint density at radius 1 is 1.08 bits per heavy atom. The van der Waals surface area contributed by atoms with E-state index in [1.165, 1.54) is 19.2 Å². The van der Waals surface area contributed by atoms with Crippen LogP contribution in [-0.4, -0.2) is 21.5 Å². The molecule has 0 aromatic heterocycles. The lowest BCUT2D eigenvalue weighted by Gasteiger charge is -2.17. The van der Waals surface area contributed by atoms with Crippen molar-refractivity contribution in [3.63, 3.8) is 0 Å². The zero-order valence-corrected chi connectivity index (χ0v) is 15.0. The number of sulfonamides is 1. The van der Waals surface area contributed by atoms with Gasteiger partial charge in [-0.25, -0.2) is 17.9 Å². The first-order valence-corrected chi connectivity index (χ1v) is 9.01. The van der Waals surface area contributed by atoms with Crippen LogP contribution in [0.1, 0.15) is 40.0 Å². The molecule has 0 fully saturated rings. The Balaban J connectivity index is 2.34. The van der Waals surface area contributed by atoms with E-state index in [0.29, 0.717) is 5.56 Å². The lowest BCUT2D eigenvalue weighted by molar-refractivity contribution is 0.0599. The molecule has 0 saturated carbocycles. The standard InChI is InChI=1S/C18H21NO4S/c1-12-7-5-6-8-16(12)14(3)19-24(21,22)15-10-9-13(2)17(11-15)18(20)23-4/h5-11,14,19H,1-4H3. The van der Waals surface area contributed by atoms with Crippen molar-refractivity contribution in [3.8, 4) is 0 Å². The predicted octanol–water partition coefficient (Wildman–Crippen LogP) is 3.13. The number of rotatable bonds is 5. The fraction of sp³-hybridized carbons (Fsp3) is 0.278. The Bertz CT molecular complexity index is 859. The molecule has 0 spiro atoms. The third-order valence-corrected chi connectivity index (χ3v) is 5.45. The van der Waals surface area contributed by atoms with Gasteiger partial charge in [0.25, 0.3) is 0 Å². The van der Waals surface area contributed by atoms with E-state index in [1.54, 1.807) is 19.9 Å². The molecule has 2 aromatic rings. The molecule has 0 bridgehead atoms. The van der Waals surface area contributed by atoms with Gasteiger partial charge in [0.2, 0.25) is 10.0 Å². The van der Waals surface area contributed by atoms with Crippen LogP contribution in [0, 0.1) is 13.8 Å². The monoisotopic (exact) mass is 347 g/mol. The Morgan fingerprint density at radius 3 is 2.38 bits per heavy atom. The summed E-state index contributed by atoms with van der Waals surface area (Å²) in [4.78, 5) is 11.8. The number of benzene rings is 2. The topological polar surface area (TPSA) is 72.5 Å². The molecule has 5 nitrogen and oxygen atoms in total. The molecule has 24 heavy (non-hydrogen) atoms. The van der Waals surface area contributed by atoms with Crippen molar-refractivity contribution in [2.24, 2.45) is 0 Å². The van der Waals surface area contributed by atoms with E-state index in [2.05, 4.69) is 4.72 Å². The highest BCUT2D eigenvalue weighted by Gasteiger charge is 2.21. The van der Waals surface area contributed by atoms with Gasteiger partial charge in [-0.1, -0.05) is 30.3 Å². The van der Waals surface area contributed by atoms with E-state index in [0.717, 1.165) is 11.1 Å². The van der Waals surface area contributed by atoms with Crippen LogP contribution >= 0.6 is 0 Å². The summed E-state index contributed by atoms with van der Waals surface area (Å²) in [5, 5.41) is 0. The zero-order valence-electron chi connectivity index (χ0n) is 14.2. The van der Waals surface area contributed by atoms with Gasteiger partial charge in [0.15, 0.2) is 0 Å². The molecule has 0 heterocycles. The van der Waals surface area contributed by atoms with E-state index < -0.39 is 16.0 Å². The molecule has 6 heteroatoms. The van der Waals surface area contributed by atoms with Crippen LogP contribution in [0.15, 0.2) is 47.4 Å². The van der Waals surface area contributed by atoms with Gasteiger partial charge >= 0.3 is 5.97 Å². The van der Waals surface area contributed by atoms with Crippen molar-refractivity contribution in [2.45, 2.75) is 31.7 Å². The molecule has 128 valence electrons. The number of carbonyl (C=O) groups is 1. The quantitative estimate of drug-likeness (QED) is 0.844. The number of methoxy groups -OCH3 is 1. The van der Waals surface area contributed by atoms with Crippen molar-refractivity contribution in [1.82, 2.24) is 4.72 Å². The van der Waals surface area contributed by atoms with E-state index in [9.17, 15) is 13.2 Å². The molecule has 0 amide bonds. The van der Waals surface area contributed by atoms with Gasteiger partial charge in [-0.15, -0.1) is 0 Å². The normalized spacial score (nSPS) is 12.7. The highest BCUT2D eigenvalue weighted by Crippen LogP contribution is 2.21. The maximum Gasteiger partial charge on any atom is 0.338 e. The first-order valence-electron chi connectivity index (χ1n) is 7.53. The molecule has 2 aromatic carbocycles. The summed E-state index contributed by atoms with van der Waals surface area (Å²) in [6.07, 6.45) is 0. The Morgan fingerprint density at radius 2 is 1.75 bits per heavy atom. The number of esters is 1. The van der Waals surface area contributed by atoms with Gasteiger partial charge < -0.3 is 4.74 Å². The van der Waals surface area contributed by atoms with Gasteiger partial charge in [0.1, 0.15) is 0 Å². The van der Waals surface area contributed by atoms with Crippen molar-refractivity contribution in [2.75, 3.05) is 7.11 Å². The van der Waals surface area contributed by atoms with Crippen molar-refractivity contribution in [1.29, 1.82) is 0 Å². The van der Waals surface area contributed by atoms with E-state index >= 15 is 0 Å². The Hall–Kier alpha value is -2.18. The third-order valence-electron chi connectivity index (χ3n) is 3.91. The lowest BCUT2D eigenvalue weighted by atomic mass is 10.0. The summed E-state index contributed by atoms with van der Waals surface area (Å²) in [5.41, 5.74) is 2.81. The third kappa shape index (κ3) is 3.83. The number of carbonyl (C=O) groups excluding carboxylic acids is 1. The average molecular weight is 347 g/mol. The van der Waals surface area contributed by atoms with E-state index in [-0.39, 0.29) is 16.5 Å². The summed E-state index contributed by atoms with van der Waals surface area (Å²) in [5.74, 6) is -0.559. The summed E-state index contributed by atoms with van der Waals surface area (Å²) in [6.45, 7) is 5.45. The van der Waals surface area contributed by atoms with E-state index in [4.69, 9.17) is 4.74 Å². The van der Waals surface area contributed by atoms with Gasteiger partial charge in [0, 0.05) is 6.04 Å². The molecule has 0 radical (unpaired) electrons. The number of aryl methyl sites for hydroxylation is 2. The molecule has 1 N–H and O–H groups in total. The molecular weight excluding hydrogens is 326 g/mol. The van der Waals surface area contributed by atoms with Crippen LogP contribution in [0.4, 0.5) is 0 Å². The number of hydrogen-bond acceptors (Lipinski definition) is 4. The second-order valence-corrected chi connectivity index (χ2v) is 7.38. The summed E-state index contributed by atoms with van der Waals surface area (Å²) in [7, 11) is -2.50. The van der Waals surface area contributed by atoms with Crippen LogP contribution in [0.2, 0.25) is 0 Å². The van der Waals surface area contributed by atoms with Crippen LogP contribution < -0.4 is 4.72 Å². The van der Waals surface area contributed by atoms with Crippen LogP contribution in [-0.2, 0) is 14.8 Å². The average Bonchev–Trinajstić information content (AvgIpc) is 2.54. The van der Waals surface area contributed by atoms with Gasteiger partial charge in [-0.05, 0) is 49.6 Å².